The van der Waals surface area contributed by atoms with Gasteiger partial charge in [-0.3, -0.25) is 4.57 Å². The van der Waals surface area contributed by atoms with Crippen molar-refractivity contribution >= 4 is 31.1 Å². The highest BCUT2D eigenvalue weighted by atomic mass is 32.2. The topological polar surface area (TPSA) is 44.8 Å². The number of benzene rings is 2. The van der Waals surface area contributed by atoms with E-state index in [1.165, 1.54) is 24.8 Å². The second-order valence-electron chi connectivity index (χ2n) is 11.3. The molecule has 0 aromatic heterocycles. The standard InChI is InChI=1S/C30H44N3O2PS2/c1-22(2)32-27-13-8-9-14-28(27)33(23(3)4)36(32,34)31-29(30-37-19-10-20-38-30)25-15-17-26(18-16-25)35-21-24-11-6-5-7-12-24/h5-7,11-12,15-18,22-23,27-30H,8-10,13-14,19-21H2,1-4H3,(H,31,34)/t27-,28-,29-/m1/s1. The van der Waals surface area contributed by atoms with Gasteiger partial charge in [-0.15, -0.1) is 23.5 Å². The maximum absolute atomic E-state index is 15.4. The number of ether oxygens (including phenoxy) is 1. The van der Waals surface area contributed by atoms with Gasteiger partial charge in [0.1, 0.15) is 12.4 Å². The number of hydrogen-bond donors (Lipinski definition) is 1. The predicted octanol–water partition coefficient (Wildman–Crippen LogP) is 7.95. The van der Waals surface area contributed by atoms with Crippen LogP contribution in [0, 0.1) is 0 Å². The smallest absolute Gasteiger partial charge is 0.285 e. The third-order valence-corrected chi connectivity index (χ3v) is 14.4. The Kier molecular flexibility index (Phi) is 9.55. The van der Waals surface area contributed by atoms with Crippen molar-refractivity contribution in [1.82, 2.24) is 14.4 Å². The molecule has 2 aromatic carbocycles. The van der Waals surface area contributed by atoms with Crippen molar-refractivity contribution < 1.29 is 9.30 Å². The third-order valence-electron chi connectivity index (χ3n) is 7.98. The molecule has 5 rings (SSSR count). The fraction of sp³-hybridized carbons (Fsp3) is 0.600. The van der Waals surface area contributed by atoms with Crippen molar-refractivity contribution in [3.8, 4) is 5.75 Å². The number of rotatable bonds is 9. The fourth-order valence-corrected chi connectivity index (χ4v) is 13.5. The lowest BCUT2D eigenvalue weighted by molar-refractivity contribution is 0.173. The number of nitrogens with zero attached hydrogens (tertiary/aromatic N) is 2. The Hall–Kier alpha value is -0.950. The third kappa shape index (κ3) is 6.04. The Morgan fingerprint density at radius 2 is 1.45 bits per heavy atom. The minimum atomic E-state index is -3.00. The lowest BCUT2D eigenvalue weighted by Gasteiger charge is -2.41. The summed E-state index contributed by atoms with van der Waals surface area (Å²) in [4.78, 5) is 0. The molecule has 0 unspecified atom stereocenters. The summed E-state index contributed by atoms with van der Waals surface area (Å²) in [6.45, 7) is 9.45. The monoisotopic (exact) mass is 573 g/mol. The molecular formula is C30H44N3O2PS2. The number of hydrogen-bond acceptors (Lipinski definition) is 4. The molecule has 8 heteroatoms. The number of nitrogens with one attached hydrogen (secondary N) is 1. The first kappa shape index (κ1) is 28.6. The molecule has 1 N–H and O–H groups in total. The van der Waals surface area contributed by atoms with Crippen molar-refractivity contribution in [2.45, 2.75) is 101 Å². The van der Waals surface area contributed by atoms with E-state index in [4.69, 9.17) is 4.74 Å². The van der Waals surface area contributed by atoms with Crippen LogP contribution in [0.4, 0.5) is 0 Å². The lowest BCUT2D eigenvalue weighted by atomic mass is 9.89. The van der Waals surface area contributed by atoms with Gasteiger partial charge in [-0.25, -0.2) is 14.4 Å². The van der Waals surface area contributed by atoms with Crippen LogP contribution < -0.4 is 9.82 Å². The number of fused-ring (bicyclic) bond motifs is 1. The summed E-state index contributed by atoms with van der Waals surface area (Å²) in [5.74, 6) is 3.18. The molecule has 2 aromatic rings. The van der Waals surface area contributed by atoms with Gasteiger partial charge in [0, 0.05) is 24.2 Å². The minimum Gasteiger partial charge on any atom is -0.489 e. The van der Waals surface area contributed by atoms with Crippen LogP contribution in [0.25, 0.3) is 0 Å². The molecule has 208 valence electrons. The Morgan fingerprint density at radius 3 is 2.00 bits per heavy atom. The fourth-order valence-electron chi connectivity index (χ4n) is 6.44. The normalized spacial score (nSPS) is 25.5. The van der Waals surface area contributed by atoms with Gasteiger partial charge in [-0.05, 0) is 81.7 Å². The van der Waals surface area contributed by atoms with E-state index in [2.05, 4.69) is 78.5 Å². The van der Waals surface area contributed by atoms with Crippen LogP contribution in [-0.4, -0.2) is 49.6 Å². The van der Waals surface area contributed by atoms with E-state index >= 15 is 4.57 Å². The molecule has 2 heterocycles. The molecule has 0 spiro atoms. The van der Waals surface area contributed by atoms with Crippen molar-refractivity contribution in [1.29, 1.82) is 0 Å². The average Bonchev–Trinajstić information content (AvgIpc) is 3.20. The van der Waals surface area contributed by atoms with Crippen LogP contribution >= 0.6 is 31.1 Å². The summed E-state index contributed by atoms with van der Waals surface area (Å²) in [5.41, 5.74) is 2.36. The SMILES string of the molecule is CC(C)N1[C@@H]2CCCC[C@H]2N(C(C)C)P1(=O)N[C@H](c1ccc(OCc2ccccc2)cc1)C1SCCCS1. The van der Waals surface area contributed by atoms with E-state index < -0.39 is 7.59 Å². The van der Waals surface area contributed by atoms with Gasteiger partial charge in [0.25, 0.3) is 7.59 Å². The molecule has 0 radical (unpaired) electrons. The van der Waals surface area contributed by atoms with Gasteiger partial charge in [0.2, 0.25) is 0 Å². The van der Waals surface area contributed by atoms with E-state index in [1.807, 2.05) is 41.7 Å². The molecule has 1 saturated carbocycles. The highest BCUT2D eigenvalue weighted by Crippen LogP contribution is 2.64. The summed E-state index contributed by atoms with van der Waals surface area (Å²) in [6.07, 6.45) is 5.99. The van der Waals surface area contributed by atoms with Gasteiger partial charge in [-0.2, -0.15) is 0 Å². The van der Waals surface area contributed by atoms with E-state index in [1.54, 1.807) is 0 Å². The summed E-state index contributed by atoms with van der Waals surface area (Å²) >= 11 is 4.03. The maximum Gasteiger partial charge on any atom is 0.285 e. The van der Waals surface area contributed by atoms with Gasteiger partial charge >= 0.3 is 0 Å². The zero-order valence-electron chi connectivity index (χ0n) is 23.3. The first-order valence-corrected chi connectivity index (χ1v) is 18.0. The van der Waals surface area contributed by atoms with E-state index in [-0.39, 0.29) is 18.1 Å². The Morgan fingerprint density at radius 1 is 0.868 bits per heavy atom. The van der Waals surface area contributed by atoms with Crippen LogP contribution in [0.2, 0.25) is 0 Å². The average molecular weight is 574 g/mol. The zero-order chi connectivity index (χ0) is 26.7. The van der Waals surface area contributed by atoms with Crippen LogP contribution in [0.3, 0.4) is 0 Å². The molecule has 3 aliphatic rings. The molecule has 2 saturated heterocycles. The summed E-state index contributed by atoms with van der Waals surface area (Å²) in [7, 11) is -3.00. The van der Waals surface area contributed by atoms with Crippen LogP contribution in [0.5, 0.6) is 5.75 Å². The Balaban J connectivity index is 1.43. The summed E-state index contributed by atoms with van der Waals surface area (Å²) in [6, 6.07) is 20.0. The first-order valence-electron chi connectivity index (χ1n) is 14.3. The Bertz CT molecular complexity index is 1050. The van der Waals surface area contributed by atoms with Crippen molar-refractivity contribution in [2.75, 3.05) is 11.5 Å². The molecule has 0 amide bonds. The van der Waals surface area contributed by atoms with E-state index in [9.17, 15) is 0 Å². The molecule has 0 bridgehead atoms. The van der Waals surface area contributed by atoms with Gasteiger partial charge in [0.05, 0.1) is 10.6 Å². The lowest BCUT2D eigenvalue weighted by Crippen LogP contribution is -2.43. The molecule has 3 fully saturated rings. The van der Waals surface area contributed by atoms with E-state index in [0.717, 1.165) is 35.7 Å². The molecule has 5 nitrogen and oxygen atoms in total. The quantitative estimate of drug-likeness (QED) is 0.306. The van der Waals surface area contributed by atoms with Gasteiger partial charge in [0.15, 0.2) is 0 Å². The zero-order valence-corrected chi connectivity index (χ0v) is 25.8. The van der Waals surface area contributed by atoms with Crippen LogP contribution in [-0.2, 0) is 11.2 Å². The predicted molar refractivity (Wildman–Crippen MR) is 164 cm³/mol. The van der Waals surface area contributed by atoms with E-state index in [0.29, 0.717) is 23.3 Å². The summed E-state index contributed by atoms with van der Waals surface area (Å²) < 4.78 is 26.6. The molecule has 2 aliphatic heterocycles. The number of thioether (sulfide) groups is 2. The van der Waals surface area contributed by atoms with Crippen LogP contribution in [0.15, 0.2) is 54.6 Å². The highest BCUT2D eigenvalue weighted by Gasteiger charge is 2.57. The highest BCUT2D eigenvalue weighted by molar-refractivity contribution is 8.17. The summed E-state index contributed by atoms with van der Waals surface area (Å²) in [5, 5.41) is 3.90. The van der Waals surface area contributed by atoms with Crippen molar-refractivity contribution in [3.63, 3.8) is 0 Å². The molecule has 3 atom stereocenters. The first-order chi connectivity index (χ1) is 18.4. The van der Waals surface area contributed by atoms with Gasteiger partial charge < -0.3 is 4.74 Å². The van der Waals surface area contributed by atoms with Crippen molar-refractivity contribution in [3.05, 3.63) is 65.7 Å². The molecular weight excluding hydrogens is 529 g/mol. The van der Waals surface area contributed by atoms with Crippen molar-refractivity contribution in [2.24, 2.45) is 0 Å². The largest absolute Gasteiger partial charge is 0.489 e. The van der Waals surface area contributed by atoms with Gasteiger partial charge in [-0.1, -0.05) is 55.3 Å². The molecule has 1 aliphatic carbocycles. The maximum atomic E-state index is 15.4. The Labute approximate surface area is 238 Å². The molecule has 38 heavy (non-hydrogen) atoms. The second kappa shape index (κ2) is 12.7. The minimum absolute atomic E-state index is 0.00181. The van der Waals surface area contributed by atoms with Crippen LogP contribution in [0.1, 0.15) is 77.0 Å². The second-order valence-corrected chi connectivity index (χ2v) is 16.4.